The van der Waals surface area contributed by atoms with Crippen molar-refractivity contribution in [2.75, 3.05) is 14.2 Å². The molecule has 2 N–H and O–H groups in total. The zero-order valence-electron chi connectivity index (χ0n) is 21.2. The standard InChI is InChI=1S/2C15H15NO2.Co/c2*1-11(14-5-3-4-6-15(14)17)16-12-7-9-13(18-2)10-8-12;/h2*3-10,17H,1-2H3;. The van der Waals surface area contributed by atoms with Gasteiger partial charge in [0.05, 0.1) is 25.6 Å². The minimum Gasteiger partial charge on any atom is -0.507 e. The van der Waals surface area contributed by atoms with E-state index >= 15 is 0 Å². The number of aromatic hydroxyl groups is 2. The third-order valence-corrected chi connectivity index (χ3v) is 5.33. The largest absolute Gasteiger partial charge is 0.507 e. The van der Waals surface area contributed by atoms with Gasteiger partial charge in [0.15, 0.2) is 0 Å². The first-order valence-corrected chi connectivity index (χ1v) is 11.4. The smallest absolute Gasteiger partial charge is 0.124 e. The summed E-state index contributed by atoms with van der Waals surface area (Å²) in [5, 5.41) is 19.5. The SMILES string of the molecule is COc1ccc(N=C(C)c2ccccc2O)cc1.COc1ccc(N=C(C)c2ccccc2O)cc1.[Co]. The number of phenolic OH excluding ortho intramolecular Hbond substituents is 2. The summed E-state index contributed by atoms with van der Waals surface area (Å²) in [5.74, 6) is 2.09. The van der Waals surface area contributed by atoms with E-state index < -0.39 is 0 Å². The second-order valence-corrected chi connectivity index (χ2v) is 7.82. The summed E-state index contributed by atoms with van der Waals surface area (Å²) in [6.07, 6.45) is 0. The topological polar surface area (TPSA) is 83.6 Å². The first-order chi connectivity index (χ1) is 17.4. The summed E-state index contributed by atoms with van der Waals surface area (Å²) in [6.45, 7) is 3.75. The number of benzene rings is 4. The molecule has 0 aliphatic heterocycles. The molecule has 0 aliphatic rings. The molecular weight excluding hydrogens is 511 g/mol. The van der Waals surface area contributed by atoms with E-state index in [0.29, 0.717) is 0 Å². The molecule has 0 aliphatic carbocycles. The quantitative estimate of drug-likeness (QED) is 0.256. The van der Waals surface area contributed by atoms with Gasteiger partial charge < -0.3 is 19.7 Å². The van der Waals surface area contributed by atoms with Crippen molar-refractivity contribution >= 4 is 22.8 Å². The molecule has 4 aromatic carbocycles. The Balaban J connectivity index is 0.000000253. The van der Waals surface area contributed by atoms with E-state index in [9.17, 15) is 10.2 Å². The van der Waals surface area contributed by atoms with Gasteiger partial charge in [0.2, 0.25) is 0 Å². The van der Waals surface area contributed by atoms with Gasteiger partial charge >= 0.3 is 0 Å². The number of hydrogen-bond acceptors (Lipinski definition) is 6. The van der Waals surface area contributed by atoms with Crippen molar-refractivity contribution in [2.24, 2.45) is 9.98 Å². The summed E-state index contributed by atoms with van der Waals surface area (Å²) in [6, 6.07) is 29.3. The van der Waals surface area contributed by atoms with Gasteiger partial charge in [-0.3, -0.25) is 9.98 Å². The van der Waals surface area contributed by atoms with E-state index in [-0.39, 0.29) is 28.3 Å². The molecule has 4 aromatic rings. The molecule has 0 heterocycles. The molecule has 193 valence electrons. The van der Waals surface area contributed by atoms with Crippen molar-refractivity contribution < 1.29 is 36.5 Å². The Morgan fingerprint density at radius 2 is 0.865 bits per heavy atom. The van der Waals surface area contributed by atoms with Crippen LogP contribution < -0.4 is 9.47 Å². The maximum absolute atomic E-state index is 9.74. The summed E-state index contributed by atoms with van der Waals surface area (Å²) in [4.78, 5) is 8.93. The number of rotatable bonds is 6. The second-order valence-electron chi connectivity index (χ2n) is 7.82. The van der Waals surface area contributed by atoms with Crippen LogP contribution in [0.5, 0.6) is 23.0 Å². The molecule has 0 bridgehead atoms. The molecule has 4 rings (SSSR count). The minimum atomic E-state index is 0. The Labute approximate surface area is 228 Å². The number of hydrogen-bond donors (Lipinski definition) is 2. The number of ether oxygens (including phenoxy) is 2. The van der Waals surface area contributed by atoms with E-state index in [2.05, 4.69) is 9.98 Å². The number of phenols is 2. The molecule has 0 aromatic heterocycles. The molecule has 0 unspecified atom stereocenters. The molecule has 0 fully saturated rings. The predicted octanol–water partition coefficient (Wildman–Crippen LogP) is 7.08. The number of methoxy groups -OCH3 is 2. The molecule has 0 saturated carbocycles. The van der Waals surface area contributed by atoms with Crippen molar-refractivity contribution in [3.63, 3.8) is 0 Å². The van der Waals surface area contributed by atoms with Crippen LogP contribution in [-0.2, 0) is 16.8 Å². The van der Waals surface area contributed by atoms with Gasteiger partial charge in [0, 0.05) is 39.3 Å². The monoisotopic (exact) mass is 541 g/mol. The van der Waals surface area contributed by atoms with Crippen LogP contribution in [-0.4, -0.2) is 35.9 Å². The van der Waals surface area contributed by atoms with Crippen molar-refractivity contribution in [2.45, 2.75) is 13.8 Å². The Kier molecular flexibility index (Phi) is 11.4. The van der Waals surface area contributed by atoms with E-state index in [1.807, 2.05) is 86.6 Å². The van der Waals surface area contributed by atoms with E-state index in [0.717, 1.165) is 45.4 Å². The third kappa shape index (κ3) is 8.52. The van der Waals surface area contributed by atoms with Crippen LogP contribution in [0.2, 0.25) is 0 Å². The molecule has 0 spiro atoms. The first-order valence-electron chi connectivity index (χ1n) is 11.4. The Morgan fingerprint density at radius 1 is 0.541 bits per heavy atom. The van der Waals surface area contributed by atoms with E-state index in [1.54, 1.807) is 38.5 Å². The van der Waals surface area contributed by atoms with Gasteiger partial charge in [-0.15, -0.1) is 0 Å². The summed E-state index contributed by atoms with van der Waals surface area (Å²) in [5.41, 5.74) is 4.70. The summed E-state index contributed by atoms with van der Waals surface area (Å²) < 4.78 is 10.2. The van der Waals surface area contributed by atoms with Gasteiger partial charge in [0.1, 0.15) is 23.0 Å². The van der Waals surface area contributed by atoms with Crippen molar-refractivity contribution in [1.29, 1.82) is 0 Å². The van der Waals surface area contributed by atoms with Crippen LogP contribution in [0.4, 0.5) is 11.4 Å². The molecular formula is C30H30CoN2O4. The molecule has 0 saturated heterocycles. The van der Waals surface area contributed by atoms with Gasteiger partial charge in [-0.05, 0) is 86.6 Å². The Hall–Kier alpha value is -4.07. The van der Waals surface area contributed by atoms with Crippen LogP contribution in [0.25, 0.3) is 0 Å². The normalized spacial score (nSPS) is 11.0. The fourth-order valence-corrected chi connectivity index (χ4v) is 3.38. The van der Waals surface area contributed by atoms with Crippen LogP contribution in [0.1, 0.15) is 25.0 Å². The van der Waals surface area contributed by atoms with Gasteiger partial charge in [-0.25, -0.2) is 0 Å². The van der Waals surface area contributed by atoms with Crippen LogP contribution in [0, 0.1) is 0 Å². The molecule has 37 heavy (non-hydrogen) atoms. The Bertz CT molecular complexity index is 1230. The fraction of sp³-hybridized carbons (Fsp3) is 0.133. The van der Waals surface area contributed by atoms with Crippen molar-refractivity contribution in [3.8, 4) is 23.0 Å². The maximum atomic E-state index is 9.74. The maximum Gasteiger partial charge on any atom is 0.124 e. The molecule has 1 radical (unpaired) electrons. The third-order valence-electron chi connectivity index (χ3n) is 5.33. The average molecular weight is 542 g/mol. The summed E-state index contributed by atoms with van der Waals surface area (Å²) >= 11 is 0. The van der Waals surface area contributed by atoms with Gasteiger partial charge in [-0.2, -0.15) is 0 Å². The van der Waals surface area contributed by atoms with Crippen LogP contribution in [0.15, 0.2) is 107 Å². The van der Waals surface area contributed by atoms with Crippen LogP contribution >= 0.6 is 0 Å². The van der Waals surface area contributed by atoms with Crippen LogP contribution in [0.3, 0.4) is 0 Å². The number of para-hydroxylation sites is 2. The first kappa shape index (κ1) is 29.2. The second kappa shape index (κ2) is 14.5. The molecule has 0 atom stereocenters. The average Bonchev–Trinajstić information content (AvgIpc) is 2.90. The van der Waals surface area contributed by atoms with Gasteiger partial charge in [-0.1, -0.05) is 24.3 Å². The molecule has 6 nitrogen and oxygen atoms in total. The fourth-order valence-electron chi connectivity index (χ4n) is 3.38. The molecule has 0 amide bonds. The zero-order valence-corrected chi connectivity index (χ0v) is 22.2. The number of aliphatic imine (C=N–C) groups is 2. The van der Waals surface area contributed by atoms with Crippen molar-refractivity contribution in [1.82, 2.24) is 0 Å². The van der Waals surface area contributed by atoms with Gasteiger partial charge in [0.25, 0.3) is 0 Å². The van der Waals surface area contributed by atoms with E-state index in [4.69, 9.17) is 9.47 Å². The van der Waals surface area contributed by atoms with Crippen molar-refractivity contribution in [3.05, 3.63) is 108 Å². The number of nitrogens with zero attached hydrogens (tertiary/aromatic N) is 2. The summed E-state index contributed by atoms with van der Waals surface area (Å²) in [7, 11) is 3.26. The van der Waals surface area contributed by atoms with E-state index in [1.165, 1.54) is 0 Å². The predicted molar refractivity (Wildman–Crippen MR) is 146 cm³/mol. The minimum absolute atomic E-state index is 0. The Morgan fingerprint density at radius 3 is 1.16 bits per heavy atom. The zero-order chi connectivity index (χ0) is 25.9. The molecule has 7 heteroatoms.